The molecule has 164 valence electrons. The van der Waals surface area contributed by atoms with E-state index < -0.39 is 0 Å². The lowest BCUT2D eigenvalue weighted by Crippen LogP contribution is -2.43. The van der Waals surface area contributed by atoms with Crippen LogP contribution < -0.4 is 4.90 Å². The molecule has 0 N–H and O–H groups in total. The van der Waals surface area contributed by atoms with Gasteiger partial charge in [-0.3, -0.25) is 14.6 Å². The van der Waals surface area contributed by atoms with Gasteiger partial charge >= 0.3 is 0 Å². The topological polar surface area (TPSA) is 45.7 Å². The first-order valence-electron chi connectivity index (χ1n) is 11.1. The fraction of sp³-hybridized carbons (Fsp3) is 0.308. The molecular weight excluding hydrogens is 418 g/mol. The van der Waals surface area contributed by atoms with E-state index in [4.69, 9.17) is 9.72 Å². The highest BCUT2D eigenvalue weighted by atomic mass is 32.1. The van der Waals surface area contributed by atoms with Gasteiger partial charge in [-0.05, 0) is 47.9 Å². The van der Waals surface area contributed by atoms with Gasteiger partial charge in [-0.15, -0.1) is 0 Å². The summed E-state index contributed by atoms with van der Waals surface area (Å²) in [5.41, 5.74) is 4.11. The third-order valence-electron chi connectivity index (χ3n) is 6.31. The molecule has 2 heterocycles. The quantitative estimate of drug-likeness (QED) is 0.431. The fourth-order valence-corrected chi connectivity index (χ4v) is 5.29. The normalized spacial score (nSPS) is 14.8. The molecular formula is C26H27N3O2S. The molecule has 0 aliphatic carbocycles. The maximum absolute atomic E-state index is 13.9. The van der Waals surface area contributed by atoms with E-state index in [0.29, 0.717) is 6.54 Å². The Morgan fingerprint density at radius 1 is 1.06 bits per heavy atom. The largest absolute Gasteiger partial charge is 0.379 e. The Bertz CT molecular complexity index is 1270. The van der Waals surface area contributed by atoms with Crippen molar-refractivity contribution < 1.29 is 9.53 Å². The summed E-state index contributed by atoms with van der Waals surface area (Å²) in [5, 5.41) is 2.81. The summed E-state index contributed by atoms with van der Waals surface area (Å²) in [6, 6.07) is 18.2. The van der Waals surface area contributed by atoms with Gasteiger partial charge < -0.3 is 4.74 Å². The molecule has 4 aromatic rings. The van der Waals surface area contributed by atoms with E-state index in [9.17, 15) is 4.79 Å². The smallest absolute Gasteiger partial charge is 0.260 e. The fourth-order valence-electron chi connectivity index (χ4n) is 4.24. The number of benzene rings is 3. The minimum atomic E-state index is 0.00323. The van der Waals surface area contributed by atoms with E-state index in [-0.39, 0.29) is 5.91 Å². The van der Waals surface area contributed by atoms with Gasteiger partial charge in [0.05, 0.1) is 23.4 Å². The van der Waals surface area contributed by atoms with E-state index >= 15 is 0 Å². The molecule has 0 saturated carbocycles. The standard InChI is InChI=1S/C26H27N3O2S/c1-18-10-11-23-24(19(18)2)27-26(32-23)29(13-12-28-14-16-31-17-15-28)25(30)22-9-5-7-20-6-3-4-8-21(20)22/h3-11H,12-17H2,1-2H3. The first-order valence-corrected chi connectivity index (χ1v) is 11.9. The van der Waals surface area contributed by atoms with Gasteiger partial charge in [0.15, 0.2) is 5.13 Å². The Kier molecular flexibility index (Phi) is 5.91. The van der Waals surface area contributed by atoms with Crippen LogP contribution in [0.15, 0.2) is 54.6 Å². The molecule has 0 bridgehead atoms. The Hall–Kier alpha value is -2.80. The summed E-state index contributed by atoms with van der Waals surface area (Å²) in [5.74, 6) is 0.00323. The van der Waals surface area contributed by atoms with Crippen LogP contribution in [0.1, 0.15) is 21.5 Å². The molecule has 5 nitrogen and oxygen atoms in total. The highest BCUT2D eigenvalue weighted by Gasteiger charge is 2.24. The minimum absolute atomic E-state index is 0.00323. The van der Waals surface area contributed by atoms with E-state index in [0.717, 1.165) is 64.5 Å². The van der Waals surface area contributed by atoms with Crippen LogP contribution >= 0.6 is 11.3 Å². The second-order valence-electron chi connectivity index (χ2n) is 8.29. The highest BCUT2D eigenvalue weighted by molar-refractivity contribution is 7.22. The van der Waals surface area contributed by atoms with Crippen molar-refractivity contribution in [3.8, 4) is 0 Å². The average Bonchev–Trinajstić information content (AvgIpc) is 3.26. The number of carbonyl (C=O) groups excluding carboxylic acids is 1. The van der Waals surface area contributed by atoms with Crippen LogP contribution in [0, 0.1) is 13.8 Å². The summed E-state index contributed by atoms with van der Waals surface area (Å²) in [6.45, 7) is 8.89. The molecule has 1 aromatic heterocycles. The Labute approximate surface area is 192 Å². The monoisotopic (exact) mass is 445 g/mol. The van der Waals surface area contributed by atoms with Crippen molar-refractivity contribution in [1.29, 1.82) is 0 Å². The number of thiazole rings is 1. The van der Waals surface area contributed by atoms with Gasteiger partial charge in [-0.1, -0.05) is 53.8 Å². The molecule has 0 radical (unpaired) electrons. The number of morpholine rings is 1. The van der Waals surface area contributed by atoms with Gasteiger partial charge in [0.2, 0.25) is 0 Å². The molecule has 1 saturated heterocycles. The van der Waals surface area contributed by atoms with E-state index in [1.807, 2.05) is 47.4 Å². The van der Waals surface area contributed by atoms with Crippen molar-refractivity contribution >= 4 is 43.4 Å². The molecule has 6 heteroatoms. The molecule has 1 fully saturated rings. The average molecular weight is 446 g/mol. The summed E-state index contributed by atoms with van der Waals surface area (Å²) in [6.07, 6.45) is 0. The number of anilines is 1. The van der Waals surface area contributed by atoms with Crippen LogP contribution in [0.4, 0.5) is 5.13 Å². The van der Waals surface area contributed by atoms with Gasteiger partial charge in [0, 0.05) is 31.7 Å². The predicted octanol–water partition coefficient (Wildman–Crippen LogP) is 5.05. The first-order chi connectivity index (χ1) is 15.6. The summed E-state index contributed by atoms with van der Waals surface area (Å²) >= 11 is 1.59. The number of hydrogen-bond donors (Lipinski definition) is 0. The van der Waals surface area contributed by atoms with E-state index in [2.05, 4.69) is 30.9 Å². The van der Waals surface area contributed by atoms with Crippen LogP contribution in [-0.4, -0.2) is 55.2 Å². The summed E-state index contributed by atoms with van der Waals surface area (Å²) < 4.78 is 6.60. The zero-order chi connectivity index (χ0) is 22.1. The molecule has 0 unspecified atom stereocenters. The number of fused-ring (bicyclic) bond motifs is 2. The predicted molar refractivity (Wildman–Crippen MR) is 132 cm³/mol. The molecule has 5 rings (SSSR count). The molecule has 0 spiro atoms. The lowest BCUT2D eigenvalue weighted by molar-refractivity contribution is 0.0391. The molecule has 3 aromatic carbocycles. The number of aromatic nitrogens is 1. The Balaban J connectivity index is 1.54. The minimum Gasteiger partial charge on any atom is -0.379 e. The van der Waals surface area contributed by atoms with E-state index in [1.54, 1.807) is 11.3 Å². The lowest BCUT2D eigenvalue weighted by Gasteiger charge is -2.29. The molecule has 1 aliphatic heterocycles. The van der Waals surface area contributed by atoms with Crippen molar-refractivity contribution in [2.75, 3.05) is 44.3 Å². The zero-order valence-corrected chi connectivity index (χ0v) is 19.3. The highest BCUT2D eigenvalue weighted by Crippen LogP contribution is 2.33. The Morgan fingerprint density at radius 3 is 2.69 bits per heavy atom. The summed E-state index contributed by atoms with van der Waals surface area (Å²) in [7, 11) is 0. The molecule has 0 atom stereocenters. The van der Waals surface area contributed by atoms with Gasteiger partial charge in [0.25, 0.3) is 5.91 Å². The van der Waals surface area contributed by atoms with Crippen molar-refractivity contribution in [3.63, 3.8) is 0 Å². The van der Waals surface area contributed by atoms with Gasteiger partial charge in [-0.25, -0.2) is 4.98 Å². The van der Waals surface area contributed by atoms with Crippen molar-refractivity contribution in [2.45, 2.75) is 13.8 Å². The van der Waals surface area contributed by atoms with E-state index in [1.165, 1.54) is 11.1 Å². The molecule has 1 amide bonds. The number of aryl methyl sites for hydroxylation is 2. The molecule has 32 heavy (non-hydrogen) atoms. The van der Waals surface area contributed by atoms with Crippen LogP contribution in [0.25, 0.3) is 21.0 Å². The number of carbonyl (C=O) groups is 1. The Morgan fingerprint density at radius 2 is 1.84 bits per heavy atom. The van der Waals surface area contributed by atoms with Crippen molar-refractivity contribution in [2.24, 2.45) is 0 Å². The molecule has 1 aliphatic rings. The first kappa shape index (κ1) is 21.1. The van der Waals surface area contributed by atoms with Crippen LogP contribution in [0.3, 0.4) is 0 Å². The van der Waals surface area contributed by atoms with Crippen LogP contribution in [0.2, 0.25) is 0 Å². The van der Waals surface area contributed by atoms with Gasteiger partial charge in [-0.2, -0.15) is 0 Å². The third kappa shape index (κ3) is 4.01. The van der Waals surface area contributed by atoms with Gasteiger partial charge in [0.1, 0.15) is 0 Å². The van der Waals surface area contributed by atoms with Crippen LogP contribution in [-0.2, 0) is 4.74 Å². The number of hydrogen-bond acceptors (Lipinski definition) is 5. The maximum Gasteiger partial charge on any atom is 0.260 e. The number of rotatable bonds is 5. The second kappa shape index (κ2) is 8.98. The second-order valence-corrected chi connectivity index (χ2v) is 9.30. The lowest BCUT2D eigenvalue weighted by atomic mass is 10.0. The SMILES string of the molecule is Cc1ccc2sc(N(CCN3CCOCC3)C(=O)c3cccc4ccccc34)nc2c1C. The van der Waals surface area contributed by atoms with Crippen molar-refractivity contribution in [1.82, 2.24) is 9.88 Å². The number of nitrogens with zero attached hydrogens (tertiary/aromatic N) is 3. The number of amides is 1. The zero-order valence-electron chi connectivity index (χ0n) is 18.5. The number of ether oxygens (including phenoxy) is 1. The third-order valence-corrected chi connectivity index (χ3v) is 7.36. The van der Waals surface area contributed by atoms with Crippen molar-refractivity contribution in [3.05, 3.63) is 71.3 Å². The summed E-state index contributed by atoms with van der Waals surface area (Å²) in [4.78, 5) is 23.1. The maximum atomic E-state index is 13.9. The van der Waals surface area contributed by atoms with Crippen LogP contribution in [0.5, 0.6) is 0 Å².